The maximum atomic E-state index is 14.3. The first-order valence-corrected chi connectivity index (χ1v) is 12.0. The van der Waals surface area contributed by atoms with E-state index in [0.29, 0.717) is 27.4 Å². The molecule has 1 atom stereocenters. The maximum absolute atomic E-state index is 14.3. The lowest BCUT2D eigenvalue weighted by Gasteiger charge is -2.23. The van der Waals surface area contributed by atoms with Crippen LogP contribution >= 0.6 is 0 Å². The number of carbonyl (C=O) groups is 1. The number of rotatable bonds is 5. The highest BCUT2D eigenvalue weighted by Crippen LogP contribution is 2.35. The van der Waals surface area contributed by atoms with E-state index in [1.165, 1.54) is 12.1 Å². The fourth-order valence-electron chi connectivity index (χ4n) is 4.51. The van der Waals surface area contributed by atoms with Gasteiger partial charge in [0.2, 0.25) is 0 Å². The van der Waals surface area contributed by atoms with Crippen molar-refractivity contribution in [3.05, 3.63) is 100 Å². The second-order valence-corrected chi connectivity index (χ2v) is 9.10. The molecule has 1 amide bonds. The number of carbonyl (C=O) groups excluding carboxylic acids is 1. The highest BCUT2D eigenvalue weighted by atomic mass is 19.1. The number of anilines is 2. The van der Waals surface area contributed by atoms with Crippen LogP contribution in [-0.2, 0) is 0 Å². The first-order chi connectivity index (χ1) is 18.4. The van der Waals surface area contributed by atoms with Gasteiger partial charge in [0.05, 0.1) is 23.0 Å². The van der Waals surface area contributed by atoms with E-state index in [1.807, 2.05) is 6.07 Å². The fraction of sp³-hybridized carbons (Fsp3) is 0.179. The molecule has 0 radical (unpaired) electrons. The number of nitriles is 1. The lowest BCUT2D eigenvalue weighted by Crippen LogP contribution is -2.27. The van der Waals surface area contributed by atoms with Gasteiger partial charge < -0.3 is 10.2 Å². The standard InChI is InChI=1S/C28H22F2N6O2/c1-17-10-12-35(16-17)25-13-18(20-15-32-11-9-19(20)14-31)5-6-23(25)33-28(38)24-7-8-26(37)36(34-24)27-21(29)3-2-4-22(27)30/h2-9,11,13,15,17H,10,12,16H2,1H3,(H,33,38). The molecule has 2 aromatic heterocycles. The van der Waals surface area contributed by atoms with Gasteiger partial charge in [0.15, 0.2) is 11.6 Å². The number of aromatic nitrogens is 3. The zero-order chi connectivity index (χ0) is 26.8. The van der Waals surface area contributed by atoms with E-state index in [2.05, 4.69) is 33.3 Å². The van der Waals surface area contributed by atoms with Gasteiger partial charge in [0.1, 0.15) is 11.4 Å². The van der Waals surface area contributed by atoms with Gasteiger partial charge in [0, 0.05) is 37.1 Å². The van der Waals surface area contributed by atoms with Crippen LogP contribution in [0.3, 0.4) is 0 Å². The molecule has 1 unspecified atom stereocenters. The van der Waals surface area contributed by atoms with Crippen molar-refractivity contribution >= 4 is 17.3 Å². The Morgan fingerprint density at radius 1 is 1.13 bits per heavy atom. The number of para-hydroxylation sites is 1. The third kappa shape index (κ3) is 4.74. The van der Waals surface area contributed by atoms with Crippen molar-refractivity contribution < 1.29 is 13.6 Å². The maximum Gasteiger partial charge on any atom is 0.276 e. The Labute approximate surface area is 216 Å². The Kier molecular flexibility index (Phi) is 6.66. The highest BCUT2D eigenvalue weighted by molar-refractivity contribution is 6.05. The average molecular weight is 513 g/mol. The first kappa shape index (κ1) is 24.8. The zero-order valence-corrected chi connectivity index (χ0v) is 20.4. The molecule has 0 spiro atoms. The summed E-state index contributed by atoms with van der Waals surface area (Å²) in [5.74, 6) is -2.16. The molecule has 8 nitrogen and oxygen atoms in total. The second-order valence-electron chi connectivity index (χ2n) is 9.10. The van der Waals surface area contributed by atoms with E-state index < -0.39 is 28.8 Å². The van der Waals surface area contributed by atoms with Crippen LogP contribution in [0.4, 0.5) is 20.2 Å². The smallest absolute Gasteiger partial charge is 0.276 e. The lowest BCUT2D eigenvalue weighted by atomic mass is 10.0. The van der Waals surface area contributed by atoms with Crippen LogP contribution < -0.4 is 15.8 Å². The van der Waals surface area contributed by atoms with Crippen molar-refractivity contribution in [3.63, 3.8) is 0 Å². The number of hydrogen-bond acceptors (Lipinski definition) is 6. The summed E-state index contributed by atoms with van der Waals surface area (Å²) in [5.41, 5.74) is 1.51. The van der Waals surface area contributed by atoms with Gasteiger partial charge in [-0.25, -0.2) is 8.78 Å². The van der Waals surface area contributed by atoms with Crippen LogP contribution in [0.1, 0.15) is 29.4 Å². The lowest BCUT2D eigenvalue weighted by molar-refractivity contribution is 0.102. The Hall–Kier alpha value is -4.91. The number of benzene rings is 2. The molecule has 190 valence electrons. The van der Waals surface area contributed by atoms with Crippen molar-refractivity contribution in [2.45, 2.75) is 13.3 Å². The molecule has 1 N–H and O–H groups in total. The molecular weight excluding hydrogens is 490 g/mol. The van der Waals surface area contributed by atoms with E-state index in [1.54, 1.807) is 30.6 Å². The fourth-order valence-corrected chi connectivity index (χ4v) is 4.51. The minimum absolute atomic E-state index is 0.198. The summed E-state index contributed by atoms with van der Waals surface area (Å²) in [6.07, 6.45) is 4.16. The molecule has 1 saturated heterocycles. The Morgan fingerprint density at radius 2 is 1.92 bits per heavy atom. The quantitative estimate of drug-likeness (QED) is 0.421. The largest absolute Gasteiger partial charge is 0.370 e. The number of nitrogens with one attached hydrogen (secondary N) is 1. The Morgan fingerprint density at radius 3 is 2.63 bits per heavy atom. The molecule has 4 aromatic rings. The number of nitrogens with zero attached hydrogens (tertiary/aromatic N) is 5. The summed E-state index contributed by atoms with van der Waals surface area (Å²) >= 11 is 0. The van der Waals surface area contributed by atoms with Gasteiger partial charge in [0.25, 0.3) is 11.5 Å². The minimum atomic E-state index is -0.981. The predicted octanol–water partition coefficient (Wildman–Crippen LogP) is 4.54. The normalized spacial score (nSPS) is 14.8. The summed E-state index contributed by atoms with van der Waals surface area (Å²) < 4.78 is 29.2. The second kappa shape index (κ2) is 10.2. The third-order valence-electron chi connectivity index (χ3n) is 6.45. The van der Waals surface area contributed by atoms with Gasteiger partial charge in [-0.15, -0.1) is 0 Å². The van der Waals surface area contributed by atoms with Gasteiger partial charge in [-0.05, 0) is 54.3 Å². The average Bonchev–Trinajstić information content (AvgIpc) is 3.35. The van der Waals surface area contributed by atoms with Crippen LogP contribution in [0.2, 0.25) is 0 Å². The highest BCUT2D eigenvalue weighted by Gasteiger charge is 2.24. The van der Waals surface area contributed by atoms with Crippen molar-refractivity contribution in [1.82, 2.24) is 14.8 Å². The summed E-state index contributed by atoms with van der Waals surface area (Å²) in [4.78, 5) is 31.9. The molecule has 38 heavy (non-hydrogen) atoms. The SMILES string of the molecule is CC1CCN(c2cc(-c3cnccc3C#N)ccc2NC(=O)c2ccc(=O)n(-c3c(F)cccc3F)n2)C1. The van der Waals surface area contributed by atoms with E-state index in [9.17, 15) is 23.6 Å². The van der Waals surface area contributed by atoms with Crippen LogP contribution in [0.5, 0.6) is 0 Å². The van der Waals surface area contributed by atoms with E-state index in [0.717, 1.165) is 49.0 Å². The topological polar surface area (TPSA) is 104 Å². The third-order valence-corrected chi connectivity index (χ3v) is 6.45. The van der Waals surface area contributed by atoms with Crippen LogP contribution in [-0.4, -0.2) is 33.8 Å². The molecular formula is C28H22F2N6O2. The summed E-state index contributed by atoms with van der Waals surface area (Å²) in [6, 6.07) is 14.6. The molecule has 1 aliphatic rings. The summed E-state index contributed by atoms with van der Waals surface area (Å²) in [5, 5.41) is 16.3. The van der Waals surface area contributed by atoms with Crippen molar-refractivity contribution in [3.8, 4) is 22.9 Å². The number of hydrogen-bond donors (Lipinski definition) is 1. The number of pyridine rings is 1. The summed E-state index contributed by atoms with van der Waals surface area (Å²) in [6.45, 7) is 3.70. The van der Waals surface area contributed by atoms with Gasteiger partial charge in [-0.1, -0.05) is 19.1 Å². The van der Waals surface area contributed by atoms with Crippen molar-refractivity contribution in [2.75, 3.05) is 23.3 Å². The summed E-state index contributed by atoms with van der Waals surface area (Å²) in [7, 11) is 0. The van der Waals surface area contributed by atoms with E-state index >= 15 is 0 Å². The molecule has 1 aliphatic heterocycles. The Balaban J connectivity index is 1.52. The number of halogens is 2. The van der Waals surface area contributed by atoms with E-state index in [-0.39, 0.29) is 5.69 Å². The van der Waals surface area contributed by atoms with Crippen molar-refractivity contribution in [1.29, 1.82) is 5.26 Å². The molecule has 0 saturated carbocycles. The number of amides is 1. The van der Waals surface area contributed by atoms with Gasteiger partial charge >= 0.3 is 0 Å². The molecule has 5 rings (SSSR count). The van der Waals surface area contributed by atoms with Crippen LogP contribution in [0, 0.1) is 28.9 Å². The zero-order valence-electron chi connectivity index (χ0n) is 20.4. The first-order valence-electron chi connectivity index (χ1n) is 12.0. The Bertz CT molecular complexity index is 1630. The van der Waals surface area contributed by atoms with Gasteiger partial charge in [-0.3, -0.25) is 14.6 Å². The monoisotopic (exact) mass is 512 g/mol. The minimum Gasteiger partial charge on any atom is -0.370 e. The van der Waals surface area contributed by atoms with Crippen LogP contribution in [0.15, 0.2) is 71.8 Å². The molecule has 1 fully saturated rings. The van der Waals surface area contributed by atoms with E-state index in [4.69, 9.17) is 0 Å². The molecule has 3 heterocycles. The van der Waals surface area contributed by atoms with Gasteiger partial charge in [-0.2, -0.15) is 15.0 Å². The molecule has 0 bridgehead atoms. The molecule has 0 aliphatic carbocycles. The predicted molar refractivity (Wildman–Crippen MR) is 138 cm³/mol. The van der Waals surface area contributed by atoms with Crippen molar-refractivity contribution in [2.24, 2.45) is 5.92 Å². The molecule has 2 aromatic carbocycles. The molecule has 10 heteroatoms. The van der Waals surface area contributed by atoms with Crippen LogP contribution in [0.25, 0.3) is 16.8 Å².